The molecular weight excluding hydrogens is 384 g/mol. The molecule has 30 heavy (non-hydrogen) atoms. The van der Waals surface area contributed by atoms with Crippen LogP contribution in [0.15, 0.2) is 55.4 Å². The van der Waals surface area contributed by atoms with Gasteiger partial charge in [-0.05, 0) is 23.8 Å². The molecule has 1 fully saturated rings. The molecule has 0 bridgehead atoms. The second-order valence-corrected chi connectivity index (χ2v) is 6.96. The van der Waals surface area contributed by atoms with Crippen LogP contribution in [0.4, 0.5) is 5.82 Å². The molecule has 9 heteroatoms. The number of carbonyl (C=O) groups is 1. The molecule has 2 aliphatic heterocycles. The molecule has 1 aromatic carbocycles. The molecule has 0 unspecified atom stereocenters. The van der Waals surface area contributed by atoms with Crippen molar-refractivity contribution in [2.24, 2.45) is 0 Å². The van der Waals surface area contributed by atoms with Gasteiger partial charge in [0, 0.05) is 50.7 Å². The molecule has 152 valence electrons. The molecule has 2 aromatic heterocycles. The first-order valence-electron chi connectivity index (χ1n) is 9.68. The van der Waals surface area contributed by atoms with Gasteiger partial charge in [0.15, 0.2) is 11.5 Å². The number of ether oxygens (including phenoxy) is 2. The van der Waals surface area contributed by atoms with Gasteiger partial charge < -0.3 is 19.3 Å². The molecule has 5 rings (SSSR count). The molecular formula is C21H20N6O3. The quantitative estimate of drug-likeness (QED) is 0.613. The van der Waals surface area contributed by atoms with Gasteiger partial charge in [-0.2, -0.15) is 0 Å². The molecule has 4 heterocycles. The van der Waals surface area contributed by atoms with Crippen LogP contribution in [0.3, 0.4) is 0 Å². The number of nitrogens with zero attached hydrogens (tertiary/aromatic N) is 6. The van der Waals surface area contributed by atoms with Crippen LogP contribution in [0.25, 0.3) is 11.9 Å². The fraction of sp³-hybridized carbons (Fsp3) is 0.238. The maximum atomic E-state index is 12.6. The van der Waals surface area contributed by atoms with E-state index in [-0.39, 0.29) is 12.7 Å². The van der Waals surface area contributed by atoms with Gasteiger partial charge in [-0.3, -0.25) is 9.36 Å². The van der Waals surface area contributed by atoms with Crippen molar-refractivity contribution in [1.29, 1.82) is 0 Å². The largest absolute Gasteiger partial charge is 0.454 e. The third-order valence-corrected chi connectivity index (χ3v) is 5.14. The predicted octanol–water partition coefficient (Wildman–Crippen LogP) is 1.75. The van der Waals surface area contributed by atoms with E-state index in [1.165, 1.54) is 0 Å². The summed E-state index contributed by atoms with van der Waals surface area (Å²) < 4.78 is 12.5. The Balaban J connectivity index is 1.20. The average Bonchev–Trinajstić information content (AvgIpc) is 3.49. The van der Waals surface area contributed by atoms with E-state index in [1.807, 2.05) is 39.9 Å². The topological polar surface area (TPSA) is 85.6 Å². The van der Waals surface area contributed by atoms with Crippen molar-refractivity contribution in [3.05, 3.63) is 61.0 Å². The number of imidazole rings is 1. The minimum Gasteiger partial charge on any atom is -0.454 e. The summed E-state index contributed by atoms with van der Waals surface area (Å²) in [4.78, 5) is 29.3. The van der Waals surface area contributed by atoms with Crippen molar-refractivity contribution in [2.45, 2.75) is 0 Å². The lowest BCUT2D eigenvalue weighted by atomic mass is 10.2. The Morgan fingerprint density at radius 2 is 1.83 bits per heavy atom. The van der Waals surface area contributed by atoms with Gasteiger partial charge in [-0.15, -0.1) is 0 Å². The van der Waals surface area contributed by atoms with E-state index in [0.717, 1.165) is 22.9 Å². The summed E-state index contributed by atoms with van der Waals surface area (Å²) in [5.41, 5.74) is 0.902. The zero-order valence-electron chi connectivity index (χ0n) is 16.2. The van der Waals surface area contributed by atoms with Crippen LogP contribution in [-0.4, -0.2) is 63.3 Å². The monoisotopic (exact) mass is 404 g/mol. The van der Waals surface area contributed by atoms with Crippen LogP contribution in [0.5, 0.6) is 11.5 Å². The Labute approximate surface area is 173 Å². The van der Waals surface area contributed by atoms with Gasteiger partial charge >= 0.3 is 0 Å². The second kappa shape index (κ2) is 7.86. The summed E-state index contributed by atoms with van der Waals surface area (Å²) >= 11 is 0. The van der Waals surface area contributed by atoms with Crippen molar-refractivity contribution in [2.75, 3.05) is 37.9 Å². The fourth-order valence-corrected chi connectivity index (χ4v) is 3.49. The van der Waals surface area contributed by atoms with Crippen LogP contribution in [0.2, 0.25) is 0 Å². The van der Waals surface area contributed by atoms with E-state index in [0.29, 0.717) is 31.9 Å². The number of carbonyl (C=O) groups excluding carboxylic acids is 1. The van der Waals surface area contributed by atoms with Crippen LogP contribution in [-0.2, 0) is 4.79 Å². The van der Waals surface area contributed by atoms with Gasteiger partial charge in [0.05, 0.1) is 0 Å². The van der Waals surface area contributed by atoms with E-state index in [1.54, 1.807) is 31.0 Å². The first kappa shape index (κ1) is 18.2. The highest BCUT2D eigenvalue weighted by Crippen LogP contribution is 2.32. The molecule has 1 amide bonds. The summed E-state index contributed by atoms with van der Waals surface area (Å²) in [5.74, 6) is 3.04. The van der Waals surface area contributed by atoms with Gasteiger partial charge in [-0.1, -0.05) is 6.07 Å². The Morgan fingerprint density at radius 3 is 2.67 bits per heavy atom. The van der Waals surface area contributed by atoms with Crippen molar-refractivity contribution in [1.82, 2.24) is 24.4 Å². The fourth-order valence-electron chi connectivity index (χ4n) is 3.49. The van der Waals surface area contributed by atoms with Crippen LogP contribution >= 0.6 is 0 Å². The Bertz CT molecular complexity index is 1070. The van der Waals surface area contributed by atoms with Crippen molar-refractivity contribution in [3.8, 4) is 17.3 Å². The highest BCUT2D eigenvalue weighted by atomic mass is 16.7. The van der Waals surface area contributed by atoms with Gasteiger partial charge in [-0.25, -0.2) is 15.0 Å². The zero-order chi connectivity index (χ0) is 20.3. The highest BCUT2D eigenvalue weighted by molar-refractivity contribution is 5.92. The molecule has 3 aromatic rings. The van der Waals surface area contributed by atoms with Crippen LogP contribution in [0, 0.1) is 0 Å². The third kappa shape index (κ3) is 3.69. The lowest BCUT2D eigenvalue weighted by molar-refractivity contribution is -0.126. The van der Waals surface area contributed by atoms with Gasteiger partial charge in [0.25, 0.3) is 0 Å². The molecule has 9 nitrogen and oxygen atoms in total. The van der Waals surface area contributed by atoms with Crippen molar-refractivity contribution < 1.29 is 14.3 Å². The summed E-state index contributed by atoms with van der Waals surface area (Å²) in [6, 6.07) is 7.56. The summed E-state index contributed by atoms with van der Waals surface area (Å²) in [5, 5.41) is 0. The average molecular weight is 404 g/mol. The van der Waals surface area contributed by atoms with E-state index >= 15 is 0 Å². The molecule has 0 N–H and O–H groups in total. The first-order chi connectivity index (χ1) is 14.8. The summed E-state index contributed by atoms with van der Waals surface area (Å²) in [6.45, 7) is 2.93. The number of hydrogen-bond acceptors (Lipinski definition) is 7. The smallest absolute Gasteiger partial charge is 0.246 e. The molecule has 0 saturated carbocycles. The number of aromatic nitrogens is 4. The minimum atomic E-state index is -0.00545. The van der Waals surface area contributed by atoms with Crippen molar-refractivity contribution >= 4 is 17.8 Å². The van der Waals surface area contributed by atoms with E-state index in [2.05, 4.69) is 19.9 Å². The van der Waals surface area contributed by atoms with Crippen molar-refractivity contribution in [3.63, 3.8) is 0 Å². The number of amides is 1. The number of hydrogen-bond donors (Lipinski definition) is 0. The number of piperazine rings is 1. The number of rotatable bonds is 4. The first-order valence-corrected chi connectivity index (χ1v) is 9.68. The number of fused-ring (bicyclic) bond motifs is 1. The molecule has 0 spiro atoms. The lowest BCUT2D eigenvalue weighted by Crippen LogP contribution is -2.48. The molecule has 0 radical (unpaired) electrons. The van der Waals surface area contributed by atoms with E-state index in [4.69, 9.17) is 9.47 Å². The molecule has 2 aliphatic rings. The van der Waals surface area contributed by atoms with Gasteiger partial charge in [0.1, 0.15) is 24.3 Å². The van der Waals surface area contributed by atoms with E-state index in [9.17, 15) is 4.79 Å². The molecule has 0 aliphatic carbocycles. The maximum absolute atomic E-state index is 12.6. The summed E-state index contributed by atoms with van der Waals surface area (Å²) in [7, 11) is 0. The second-order valence-electron chi connectivity index (χ2n) is 6.96. The lowest BCUT2D eigenvalue weighted by Gasteiger charge is -2.35. The third-order valence-electron chi connectivity index (χ3n) is 5.14. The van der Waals surface area contributed by atoms with Crippen LogP contribution < -0.4 is 14.4 Å². The van der Waals surface area contributed by atoms with Crippen LogP contribution in [0.1, 0.15) is 5.56 Å². The zero-order valence-corrected chi connectivity index (χ0v) is 16.2. The summed E-state index contributed by atoms with van der Waals surface area (Å²) in [6.07, 6.45) is 10.2. The normalized spacial score (nSPS) is 15.7. The predicted molar refractivity (Wildman–Crippen MR) is 110 cm³/mol. The standard InChI is InChI=1S/C21H20N6O3/c28-21(4-2-16-1-3-17-18(11-16)30-15-29-17)26-9-7-25(8-10-26)19-12-20(24-13-23-19)27-6-5-22-14-27/h1-6,11-14H,7-10,15H2/b4-2+. The Hall–Kier alpha value is -3.88. The number of benzene rings is 1. The molecule has 1 saturated heterocycles. The highest BCUT2D eigenvalue weighted by Gasteiger charge is 2.21. The number of anilines is 1. The van der Waals surface area contributed by atoms with E-state index < -0.39 is 0 Å². The van der Waals surface area contributed by atoms with Gasteiger partial charge in [0.2, 0.25) is 12.7 Å². The maximum Gasteiger partial charge on any atom is 0.246 e. The minimum absolute atomic E-state index is 0.00545. The Kier molecular flexibility index (Phi) is 4.76. The Morgan fingerprint density at radius 1 is 1.00 bits per heavy atom. The molecule has 0 atom stereocenters. The SMILES string of the molecule is O=C(/C=C/c1ccc2c(c1)OCO2)N1CCN(c2cc(-n3ccnc3)ncn2)CC1.